The number of ether oxygens (including phenoxy) is 3. The predicted octanol–water partition coefficient (Wildman–Crippen LogP) is 8.96. The van der Waals surface area contributed by atoms with E-state index in [1.807, 2.05) is 38.1 Å². The van der Waals surface area contributed by atoms with E-state index >= 15 is 0 Å². The fourth-order valence-electron chi connectivity index (χ4n) is 5.78. The summed E-state index contributed by atoms with van der Waals surface area (Å²) >= 11 is 0. The van der Waals surface area contributed by atoms with Crippen LogP contribution in [0.15, 0.2) is 42.5 Å². The first-order chi connectivity index (χ1) is 19.9. The molecule has 0 aromatic heterocycles. The molecule has 1 aliphatic heterocycles. The van der Waals surface area contributed by atoms with Gasteiger partial charge in [0.1, 0.15) is 42.0 Å². The summed E-state index contributed by atoms with van der Waals surface area (Å²) in [7, 11) is 0. The Morgan fingerprint density at radius 2 is 1.71 bits per heavy atom. The number of hydrogen-bond acceptors (Lipinski definition) is 5. The minimum Gasteiger partial charge on any atom is -0.488 e. The molecule has 1 aliphatic rings. The summed E-state index contributed by atoms with van der Waals surface area (Å²) in [4.78, 5) is 25.5. The number of esters is 1. The van der Waals surface area contributed by atoms with Gasteiger partial charge in [-0.3, -0.25) is 9.59 Å². The Hall–Kier alpha value is -3.08. The SMILES string of the molecule is Cc1c(C)c2c(c(C)c1OCc1ccccc1)CCC(C)(CC(=O)CC(=O)OC(C)C=CC[C@H](C)CCCC(C)C)O2. The van der Waals surface area contributed by atoms with Gasteiger partial charge in [-0.1, -0.05) is 76.4 Å². The maximum Gasteiger partial charge on any atom is 0.313 e. The number of ketones is 1. The molecular formula is C37H52O5. The van der Waals surface area contributed by atoms with Gasteiger partial charge in [0.15, 0.2) is 0 Å². The lowest BCUT2D eigenvalue weighted by molar-refractivity contribution is -0.148. The summed E-state index contributed by atoms with van der Waals surface area (Å²) in [6.45, 7) is 17.3. The standard InChI is InChI=1S/C37H52O5/c1-25(2)14-12-15-26(3)16-13-17-27(4)41-34(39)22-32(38)23-37(8)21-20-33-30(7)35(28(5)29(6)36(33)42-37)40-24-31-18-10-9-11-19-31/h9-11,13,17-19,25-27H,12,14-16,20-24H2,1-8H3/t26-,27?,37?/m1/s1. The molecule has 230 valence electrons. The van der Waals surface area contributed by atoms with Crippen LogP contribution in [0.2, 0.25) is 0 Å². The molecular weight excluding hydrogens is 524 g/mol. The van der Waals surface area contributed by atoms with Crippen molar-refractivity contribution in [2.75, 3.05) is 0 Å². The zero-order chi connectivity index (χ0) is 30.9. The molecule has 0 aliphatic carbocycles. The molecule has 3 rings (SSSR count). The van der Waals surface area contributed by atoms with Crippen LogP contribution in [0.25, 0.3) is 0 Å². The van der Waals surface area contributed by atoms with E-state index in [0.29, 0.717) is 18.9 Å². The number of allylic oxidation sites excluding steroid dienone is 1. The van der Waals surface area contributed by atoms with Gasteiger partial charge in [0.2, 0.25) is 0 Å². The largest absolute Gasteiger partial charge is 0.488 e. The normalized spacial score (nSPS) is 17.9. The number of carbonyl (C=O) groups excluding carboxylic acids is 2. The molecule has 0 bridgehead atoms. The van der Waals surface area contributed by atoms with Gasteiger partial charge < -0.3 is 14.2 Å². The van der Waals surface area contributed by atoms with Gasteiger partial charge in [-0.05, 0) is 94.0 Å². The smallest absolute Gasteiger partial charge is 0.313 e. The Morgan fingerprint density at radius 1 is 1.00 bits per heavy atom. The lowest BCUT2D eigenvalue weighted by Gasteiger charge is -2.38. The highest BCUT2D eigenvalue weighted by Gasteiger charge is 2.37. The molecule has 0 saturated heterocycles. The third-order valence-corrected chi connectivity index (χ3v) is 8.44. The lowest BCUT2D eigenvalue weighted by Crippen LogP contribution is -2.39. The summed E-state index contributed by atoms with van der Waals surface area (Å²) < 4.78 is 18.3. The number of carbonyl (C=O) groups is 2. The van der Waals surface area contributed by atoms with Crippen LogP contribution in [0.5, 0.6) is 11.5 Å². The predicted molar refractivity (Wildman–Crippen MR) is 170 cm³/mol. The highest BCUT2D eigenvalue weighted by atomic mass is 16.5. The van der Waals surface area contributed by atoms with Crippen molar-refractivity contribution < 1.29 is 23.8 Å². The minimum absolute atomic E-state index is 0.158. The highest BCUT2D eigenvalue weighted by Crippen LogP contribution is 2.44. The fourth-order valence-corrected chi connectivity index (χ4v) is 5.78. The van der Waals surface area contributed by atoms with Crippen molar-refractivity contribution in [1.29, 1.82) is 0 Å². The second-order valence-electron chi connectivity index (χ2n) is 13.0. The van der Waals surface area contributed by atoms with Crippen LogP contribution in [-0.2, 0) is 27.4 Å². The maximum atomic E-state index is 12.9. The average Bonchev–Trinajstić information content (AvgIpc) is 2.91. The third kappa shape index (κ3) is 9.74. The summed E-state index contributed by atoms with van der Waals surface area (Å²) in [5, 5.41) is 0. The number of hydrogen-bond donors (Lipinski definition) is 0. The fraction of sp³-hybridized carbons (Fsp3) is 0.568. The van der Waals surface area contributed by atoms with Gasteiger partial charge in [-0.15, -0.1) is 0 Å². The molecule has 42 heavy (non-hydrogen) atoms. The Kier molecular flexibility index (Phi) is 12.3. The molecule has 2 unspecified atom stereocenters. The summed E-state index contributed by atoms with van der Waals surface area (Å²) in [6.07, 6.45) is 9.76. The third-order valence-electron chi connectivity index (χ3n) is 8.44. The van der Waals surface area contributed by atoms with Crippen LogP contribution in [-0.4, -0.2) is 23.5 Å². The first kappa shape index (κ1) is 33.4. The van der Waals surface area contributed by atoms with E-state index in [9.17, 15) is 9.59 Å². The summed E-state index contributed by atoms with van der Waals surface area (Å²) in [5.74, 6) is 2.47. The van der Waals surface area contributed by atoms with Gasteiger partial charge in [-0.2, -0.15) is 0 Å². The summed E-state index contributed by atoms with van der Waals surface area (Å²) in [5.41, 5.74) is 4.77. The van der Waals surface area contributed by atoms with E-state index in [1.165, 1.54) is 19.3 Å². The number of fused-ring (bicyclic) bond motifs is 1. The van der Waals surface area contributed by atoms with Crippen molar-refractivity contribution in [3.05, 3.63) is 70.3 Å². The van der Waals surface area contributed by atoms with Crippen molar-refractivity contribution in [2.24, 2.45) is 11.8 Å². The molecule has 3 atom stereocenters. The van der Waals surface area contributed by atoms with Crippen LogP contribution in [0.3, 0.4) is 0 Å². The monoisotopic (exact) mass is 576 g/mol. The van der Waals surface area contributed by atoms with Crippen LogP contribution < -0.4 is 9.47 Å². The zero-order valence-corrected chi connectivity index (χ0v) is 27.2. The Balaban J connectivity index is 1.52. The van der Waals surface area contributed by atoms with Crippen molar-refractivity contribution in [3.63, 3.8) is 0 Å². The highest BCUT2D eigenvalue weighted by molar-refractivity contribution is 5.96. The van der Waals surface area contributed by atoms with E-state index in [1.54, 1.807) is 0 Å². The molecule has 5 heteroatoms. The molecule has 1 heterocycles. The van der Waals surface area contributed by atoms with Crippen LogP contribution in [0.1, 0.15) is 107 Å². The first-order valence-corrected chi connectivity index (χ1v) is 15.7. The molecule has 0 fully saturated rings. The van der Waals surface area contributed by atoms with E-state index in [0.717, 1.165) is 58.1 Å². The average molecular weight is 577 g/mol. The van der Waals surface area contributed by atoms with E-state index in [4.69, 9.17) is 14.2 Å². The lowest BCUT2D eigenvalue weighted by atomic mass is 9.84. The van der Waals surface area contributed by atoms with Gasteiger partial charge in [0, 0.05) is 12.0 Å². The van der Waals surface area contributed by atoms with Gasteiger partial charge >= 0.3 is 5.97 Å². The Bertz CT molecular complexity index is 1230. The summed E-state index contributed by atoms with van der Waals surface area (Å²) in [6, 6.07) is 10.2. The van der Waals surface area contributed by atoms with Gasteiger partial charge in [-0.25, -0.2) is 0 Å². The van der Waals surface area contributed by atoms with Crippen molar-refractivity contribution in [1.82, 2.24) is 0 Å². The topological polar surface area (TPSA) is 61.8 Å². The Labute approximate surface area is 254 Å². The van der Waals surface area contributed by atoms with Crippen molar-refractivity contribution in [2.45, 2.75) is 125 Å². The van der Waals surface area contributed by atoms with Gasteiger partial charge in [0.25, 0.3) is 0 Å². The van der Waals surface area contributed by atoms with Crippen LogP contribution in [0, 0.1) is 32.6 Å². The van der Waals surface area contributed by atoms with E-state index in [2.05, 4.69) is 59.8 Å². The molecule has 5 nitrogen and oxygen atoms in total. The molecule has 0 radical (unpaired) electrons. The zero-order valence-electron chi connectivity index (χ0n) is 27.2. The molecule has 2 aromatic rings. The first-order valence-electron chi connectivity index (χ1n) is 15.7. The van der Waals surface area contributed by atoms with E-state index in [-0.39, 0.29) is 24.7 Å². The van der Waals surface area contributed by atoms with Crippen molar-refractivity contribution >= 4 is 11.8 Å². The maximum absolute atomic E-state index is 12.9. The van der Waals surface area contributed by atoms with Crippen LogP contribution in [0.4, 0.5) is 0 Å². The molecule has 0 N–H and O–H groups in total. The molecule has 0 spiro atoms. The minimum atomic E-state index is -0.669. The van der Waals surface area contributed by atoms with Gasteiger partial charge in [0.05, 0.1) is 0 Å². The number of rotatable bonds is 15. The second-order valence-corrected chi connectivity index (χ2v) is 13.0. The molecule has 2 aromatic carbocycles. The number of benzene rings is 2. The quantitative estimate of drug-likeness (QED) is 0.120. The molecule has 0 amide bonds. The van der Waals surface area contributed by atoms with Crippen LogP contribution >= 0.6 is 0 Å². The second kappa shape index (κ2) is 15.4. The molecule has 0 saturated carbocycles. The van der Waals surface area contributed by atoms with Crippen molar-refractivity contribution in [3.8, 4) is 11.5 Å². The Morgan fingerprint density at radius 3 is 2.40 bits per heavy atom. The van der Waals surface area contributed by atoms with E-state index < -0.39 is 11.6 Å². The number of Topliss-reactive ketones (excluding diaryl/α,β-unsaturated/α-hetero) is 1.